The van der Waals surface area contributed by atoms with E-state index in [1.165, 1.54) is 11.8 Å². The van der Waals surface area contributed by atoms with Gasteiger partial charge in [-0.3, -0.25) is 0 Å². The number of methoxy groups -OCH3 is 1. The smallest absolute Gasteiger partial charge is 0.277 e. The molecule has 7 heteroatoms. The lowest BCUT2D eigenvalue weighted by Crippen LogP contribution is -1.86. The molecule has 0 saturated carbocycles. The molecule has 3 aromatic rings. The Balaban J connectivity index is 1.69. The van der Waals surface area contributed by atoms with Gasteiger partial charge in [-0.1, -0.05) is 35.5 Å². The summed E-state index contributed by atoms with van der Waals surface area (Å²) < 4.78 is 11.8. The van der Waals surface area contributed by atoms with Gasteiger partial charge in [0.2, 0.25) is 5.89 Å². The number of hydrogen-bond acceptors (Lipinski definition) is 5. The summed E-state index contributed by atoms with van der Waals surface area (Å²) >= 11 is 10.9. The fourth-order valence-corrected chi connectivity index (χ4v) is 3.44. The van der Waals surface area contributed by atoms with Crippen LogP contribution in [0.4, 0.5) is 0 Å². The maximum atomic E-state index is 5.97. The Labute approximate surface area is 151 Å². The van der Waals surface area contributed by atoms with Crippen molar-refractivity contribution in [1.82, 2.24) is 10.2 Å². The van der Waals surface area contributed by atoms with Crippen molar-refractivity contribution < 1.29 is 9.15 Å². The lowest BCUT2D eigenvalue weighted by Gasteiger charge is -2.05. The highest BCUT2D eigenvalue weighted by molar-refractivity contribution is 9.10. The third-order valence-electron chi connectivity index (χ3n) is 3.06. The lowest BCUT2D eigenvalue weighted by atomic mass is 10.2. The van der Waals surface area contributed by atoms with Crippen molar-refractivity contribution in [1.29, 1.82) is 0 Å². The molecule has 0 atom stereocenters. The summed E-state index contributed by atoms with van der Waals surface area (Å²) in [4.78, 5) is 0. The molecule has 0 unspecified atom stereocenters. The van der Waals surface area contributed by atoms with Crippen LogP contribution in [0, 0.1) is 0 Å². The molecule has 0 spiro atoms. The van der Waals surface area contributed by atoms with Gasteiger partial charge in [-0.2, -0.15) is 0 Å². The molecule has 1 aromatic heterocycles. The molecule has 0 aliphatic rings. The summed E-state index contributed by atoms with van der Waals surface area (Å²) in [5, 5.41) is 9.28. The van der Waals surface area contributed by atoms with Crippen LogP contribution in [0.2, 0.25) is 5.02 Å². The normalized spacial score (nSPS) is 10.7. The first-order chi connectivity index (χ1) is 11.2. The molecule has 0 radical (unpaired) electrons. The minimum Gasteiger partial charge on any atom is -0.496 e. The summed E-state index contributed by atoms with van der Waals surface area (Å²) in [6.45, 7) is 0. The highest BCUT2D eigenvalue weighted by atomic mass is 79.9. The van der Waals surface area contributed by atoms with Crippen LogP contribution in [0.25, 0.3) is 11.5 Å². The Kier molecular flexibility index (Phi) is 5.25. The van der Waals surface area contributed by atoms with Crippen molar-refractivity contribution in [2.45, 2.75) is 11.0 Å². The number of halogens is 2. The molecular formula is C16H12BrClN2O2S. The first-order valence-corrected chi connectivity index (χ1v) is 8.86. The number of thioether (sulfide) groups is 1. The predicted molar refractivity (Wildman–Crippen MR) is 95.0 cm³/mol. The third-order valence-corrected chi connectivity index (χ3v) is 4.80. The molecule has 2 aromatic carbocycles. The zero-order chi connectivity index (χ0) is 16.2. The van der Waals surface area contributed by atoms with Gasteiger partial charge >= 0.3 is 0 Å². The molecular weight excluding hydrogens is 400 g/mol. The first-order valence-electron chi connectivity index (χ1n) is 6.70. The van der Waals surface area contributed by atoms with Crippen LogP contribution in [-0.2, 0) is 5.75 Å². The van der Waals surface area contributed by atoms with Gasteiger partial charge < -0.3 is 9.15 Å². The van der Waals surface area contributed by atoms with Gasteiger partial charge in [0, 0.05) is 16.3 Å². The van der Waals surface area contributed by atoms with E-state index < -0.39 is 0 Å². The van der Waals surface area contributed by atoms with Gasteiger partial charge in [0.1, 0.15) is 5.75 Å². The van der Waals surface area contributed by atoms with Crippen molar-refractivity contribution in [2.24, 2.45) is 0 Å². The van der Waals surface area contributed by atoms with Gasteiger partial charge in [-0.25, -0.2) is 0 Å². The van der Waals surface area contributed by atoms with Gasteiger partial charge in [0.05, 0.1) is 11.6 Å². The second kappa shape index (κ2) is 7.38. The molecule has 4 nitrogen and oxygen atoms in total. The Morgan fingerprint density at radius 3 is 2.83 bits per heavy atom. The van der Waals surface area contributed by atoms with Gasteiger partial charge in [0.15, 0.2) is 0 Å². The van der Waals surface area contributed by atoms with Gasteiger partial charge in [-0.05, 0) is 51.8 Å². The number of aromatic nitrogens is 2. The fraction of sp³-hybridized carbons (Fsp3) is 0.125. The zero-order valence-corrected chi connectivity index (χ0v) is 15.3. The van der Waals surface area contributed by atoms with E-state index in [4.69, 9.17) is 20.8 Å². The Hall–Kier alpha value is -1.50. The summed E-state index contributed by atoms with van der Waals surface area (Å²) in [5.74, 6) is 1.99. The molecule has 0 N–H and O–H groups in total. The number of ether oxygens (including phenoxy) is 1. The molecule has 0 bridgehead atoms. The van der Waals surface area contributed by atoms with E-state index >= 15 is 0 Å². The molecule has 118 valence electrons. The molecule has 3 rings (SSSR count). The third kappa shape index (κ3) is 4.07. The predicted octanol–water partition coefficient (Wildman–Crippen LogP) is 5.45. The van der Waals surface area contributed by atoms with Crippen LogP contribution in [0.3, 0.4) is 0 Å². The largest absolute Gasteiger partial charge is 0.496 e. The van der Waals surface area contributed by atoms with Crippen molar-refractivity contribution in [3.8, 4) is 17.2 Å². The molecule has 0 amide bonds. The molecule has 0 aliphatic heterocycles. The van der Waals surface area contributed by atoms with Crippen molar-refractivity contribution in [3.63, 3.8) is 0 Å². The molecule has 0 aliphatic carbocycles. The van der Waals surface area contributed by atoms with Gasteiger partial charge in [-0.15, -0.1) is 10.2 Å². The van der Waals surface area contributed by atoms with E-state index in [2.05, 4.69) is 26.1 Å². The van der Waals surface area contributed by atoms with Crippen LogP contribution < -0.4 is 4.74 Å². The number of benzene rings is 2. The quantitative estimate of drug-likeness (QED) is 0.522. The Bertz CT molecular complexity index is 825. The minimum atomic E-state index is 0.464. The van der Waals surface area contributed by atoms with E-state index in [0.29, 0.717) is 16.1 Å². The Morgan fingerprint density at radius 1 is 1.22 bits per heavy atom. The minimum absolute atomic E-state index is 0.464. The van der Waals surface area contributed by atoms with E-state index in [-0.39, 0.29) is 0 Å². The first kappa shape index (κ1) is 16.4. The number of nitrogens with zero attached hydrogens (tertiary/aromatic N) is 2. The number of hydrogen-bond donors (Lipinski definition) is 0. The monoisotopic (exact) mass is 410 g/mol. The average Bonchev–Trinajstić information content (AvgIpc) is 3.02. The topological polar surface area (TPSA) is 48.2 Å². The molecule has 0 fully saturated rings. The highest BCUT2D eigenvalue weighted by Gasteiger charge is 2.10. The summed E-state index contributed by atoms with van der Waals surface area (Å²) in [7, 11) is 1.64. The highest BCUT2D eigenvalue weighted by Crippen LogP contribution is 2.30. The number of rotatable bonds is 5. The standard InChI is InChI=1S/C16H12BrClN2O2S/c1-21-14-6-5-10(7-13(14)17)9-23-16-20-19-15(22-16)11-3-2-4-12(18)8-11/h2-8H,9H2,1H3. The van der Waals surface area contributed by atoms with Crippen LogP contribution >= 0.6 is 39.3 Å². The summed E-state index contributed by atoms with van der Waals surface area (Å²) in [6.07, 6.45) is 0. The van der Waals surface area contributed by atoms with E-state index in [1.807, 2.05) is 30.3 Å². The lowest BCUT2D eigenvalue weighted by molar-refractivity contribution is 0.412. The second-order valence-corrected chi connectivity index (χ2v) is 6.86. The SMILES string of the molecule is COc1ccc(CSc2nnc(-c3cccc(Cl)c3)o2)cc1Br. The van der Waals surface area contributed by atoms with Gasteiger partial charge in [0.25, 0.3) is 5.22 Å². The fourth-order valence-electron chi connectivity index (χ4n) is 1.95. The van der Waals surface area contributed by atoms with Crippen LogP contribution in [-0.4, -0.2) is 17.3 Å². The van der Waals surface area contributed by atoms with Crippen molar-refractivity contribution >= 4 is 39.3 Å². The average molecular weight is 412 g/mol. The maximum absolute atomic E-state index is 5.97. The summed E-state index contributed by atoms with van der Waals surface area (Å²) in [6, 6.07) is 13.3. The van der Waals surface area contributed by atoms with Crippen molar-refractivity contribution in [2.75, 3.05) is 7.11 Å². The second-order valence-electron chi connectivity index (χ2n) is 4.64. The maximum Gasteiger partial charge on any atom is 0.277 e. The molecule has 1 heterocycles. The Morgan fingerprint density at radius 2 is 2.09 bits per heavy atom. The van der Waals surface area contributed by atoms with E-state index in [0.717, 1.165) is 27.1 Å². The van der Waals surface area contributed by atoms with E-state index in [9.17, 15) is 0 Å². The van der Waals surface area contributed by atoms with E-state index in [1.54, 1.807) is 19.2 Å². The van der Waals surface area contributed by atoms with Crippen LogP contribution in [0.5, 0.6) is 5.75 Å². The van der Waals surface area contributed by atoms with Crippen LogP contribution in [0.1, 0.15) is 5.56 Å². The van der Waals surface area contributed by atoms with Crippen molar-refractivity contribution in [3.05, 3.63) is 57.5 Å². The molecule has 23 heavy (non-hydrogen) atoms. The zero-order valence-electron chi connectivity index (χ0n) is 12.1. The molecule has 0 saturated heterocycles. The van der Waals surface area contributed by atoms with Crippen LogP contribution in [0.15, 0.2) is 56.6 Å². The summed E-state index contributed by atoms with van der Waals surface area (Å²) in [5.41, 5.74) is 1.94.